The molecule has 2 amide bonds. The quantitative estimate of drug-likeness (QED) is 0.775. The smallest absolute Gasteiger partial charge is 0.268 e. The number of Topliss-reactive ketones (excluding diaryl/α,β-unsaturated/α-hetero) is 1. The van der Waals surface area contributed by atoms with E-state index in [0.717, 1.165) is 18.5 Å². The molecule has 3 N–H and O–H groups in total. The number of hydrogen-bond donors (Lipinski definition) is 3. The minimum Gasteiger partial charge on any atom is -0.354 e. The number of aryl methyl sites for hydroxylation is 1. The molecule has 1 aromatic rings. The summed E-state index contributed by atoms with van der Waals surface area (Å²) in [5, 5.41) is 5.28. The molecule has 0 bridgehead atoms. The van der Waals surface area contributed by atoms with E-state index >= 15 is 0 Å². The van der Waals surface area contributed by atoms with Gasteiger partial charge in [-0.05, 0) is 39.2 Å². The lowest BCUT2D eigenvalue weighted by Gasteiger charge is -2.09. The fourth-order valence-corrected chi connectivity index (χ4v) is 2.62. The monoisotopic (exact) mass is 291 g/mol. The van der Waals surface area contributed by atoms with E-state index < -0.39 is 0 Å². The van der Waals surface area contributed by atoms with Crippen LogP contribution in [0.2, 0.25) is 0 Å². The van der Waals surface area contributed by atoms with Crippen LogP contribution in [0.15, 0.2) is 0 Å². The Hall–Kier alpha value is -2.11. The molecule has 1 heterocycles. The van der Waals surface area contributed by atoms with Crippen LogP contribution in [0.5, 0.6) is 0 Å². The van der Waals surface area contributed by atoms with Crippen LogP contribution >= 0.6 is 0 Å². The third kappa shape index (κ3) is 3.32. The average molecular weight is 291 g/mol. The summed E-state index contributed by atoms with van der Waals surface area (Å²) in [6.07, 6.45) is 2.12. The zero-order chi connectivity index (χ0) is 15.6. The molecule has 1 aliphatic rings. The van der Waals surface area contributed by atoms with E-state index in [1.54, 1.807) is 6.92 Å². The lowest BCUT2D eigenvalue weighted by Crippen LogP contribution is -2.40. The van der Waals surface area contributed by atoms with Crippen LogP contribution in [0.1, 0.15) is 58.8 Å². The Bertz CT molecular complexity index is 587. The second-order valence-electron chi connectivity index (χ2n) is 5.66. The van der Waals surface area contributed by atoms with Crippen molar-refractivity contribution >= 4 is 17.6 Å². The highest BCUT2D eigenvalue weighted by Gasteiger charge is 2.26. The van der Waals surface area contributed by atoms with Crippen molar-refractivity contribution in [3.8, 4) is 0 Å². The number of nitrogens with one attached hydrogen (secondary N) is 3. The molecule has 0 aromatic carbocycles. The van der Waals surface area contributed by atoms with Gasteiger partial charge in [0.25, 0.3) is 5.91 Å². The molecule has 0 atom stereocenters. The Morgan fingerprint density at radius 3 is 2.62 bits per heavy atom. The number of aromatic amines is 1. The molecule has 6 heteroatoms. The highest BCUT2D eigenvalue weighted by molar-refractivity contribution is 6.04. The van der Waals surface area contributed by atoms with Crippen molar-refractivity contribution < 1.29 is 14.4 Å². The summed E-state index contributed by atoms with van der Waals surface area (Å²) in [5.41, 5.74) is 2.54. The molecule has 0 saturated heterocycles. The summed E-state index contributed by atoms with van der Waals surface area (Å²) in [4.78, 5) is 38.6. The maximum Gasteiger partial charge on any atom is 0.268 e. The van der Waals surface area contributed by atoms with Crippen LogP contribution in [0.25, 0.3) is 0 Å². The van der Waals surface area contributed by atoms with Gasteiger partial charge in [0.1, 0.15) is 5.69 Å². The standard InChI is InChI=1S/C15H21N3O3/c1-8(2)17-12(20)7-16-15(21)14-9(3)13-10(18-14)5-4-6-11(13)19/h8,18H,4-7H2,1-3H3,(H,16,21)(H,17,20). The van der Waals surface area contributed by atoms with Crippen molar-refractivity contribution in [3.63, 3.8) is 0 Å². The maximum absolute atomic E-state index is 12.1. The Kier molecular flexibility index (Phi) is 4.45. The third-order valence-electron chi connectivity index (χ3n) is 3.52. The summed E-state index contributed by atoms with van der Waals surface area (Å²) in [6.45, 7) is 5.40. The number of carbonyl (C=O) groups is 3. The van der Waals surface area contributed by atoms with E-state index in [9.17, 15) is 14.4 Å². The number of H-pyrrole nitrogens is 1. The van der Waals surface area contributed by atoms with Crippen molar-refractivity contribution in [2.75, 3.05) is 6.54 Å². The van der Waals surface area contributed by atoms with Crippen LogP contribution in [0.3, 0.4) is 0 Å². The predicted octanol–water partition coefficient (Wildman–Crippen LogP) is 1.10. The number of fused-ring (bicyclic) bond motifs is 1. The average Bonchev–Trinajstić information content (AvgIpc) is 2.74. The van der Waals surface area contributed by atoms with E-state index in [0.29, 0.717) is 23.2 Å². The second-order valence-corrected chi connectivity index (χ2v) is 5.66. The van der Waals surface area contributed by atoms with Crippen molar-refractivity contribution in [3.05, 3.63) is 22.5 Å². The van der Waals surface area contributed by atoms with Gasteiger partial charge in [0.05, 0.1) is 6.54 Å². The lowest BCUT2D eigenvalue weighted by molar-refractivity contribution is -0.120. The van der Waals surface area contributed by atoms with Gasteiger partial charge >= 0.3 is 0 Å². The minimum atomic E-state index is -0.353. The SMILES string of the molecule is Cc1c(C(=O)NCC(=O)NC(C)C)[nH]c2c1C(=O)CCC2. The molecular weight excluding hydrogens is 270 g/mol. The van der Waals surface area contributed by atoms with Gasteiger partial charge in [-0.25, -0.2) is 0 Å². The van der Waals surface area contributed by atoms with Gasteiger partial charge in [-0.2, -0.15) is 0 Å². The number of rotatable bonds is 4. The van der Waals surface area contributed by atoms with Gasteiger partial charge in [0.2, 0.25) is 5.91 Å². The first-order valence-corrected chi connectivity index (χ1v) is 7.22. The molecule has 1 aromatic heterocycles. The molecular formula is C15H21N3O3. The lowest BCUT2D eigenvalue weighted by atomic mass is 9.94. The molecule has 0 saturated carbocycles. The van der Waals surface area contributed by atoms with E-state index in [1.165, 1.54) is 0 Å². The fourth-order valence-electron chi connectivity index (χ4n) is 2.62. The van der Waals surface area contributed by atoms with E-state index in [2.05, 4.69) is 15.6 Å². The van der Waals surface area contributed by atoms with Crippen molar-refractivity contribution in [1.29, 1.82) is 0 Å². The second kappa shape index (κ2) is 6.11. The molecule has 0 spiro atoms. The Labute approximate surface area is 123 Å². The molecule has 0 aliphatic heterocycles. The van der Waals surface area contributed by atoms with Crippen LogP contribution in [0.4, 0.5) is 0 Å². The molecule has 1 aliphatic carbocycles. The maximum atomic E-state index is 12.1. The molecule has 2 rings (SSSR count). The highest BCUT2D eigenvalue weighted by atomic mass is 16.2. The highest BCUT2D eigenvalue weighted by Crippen LogP contribution is 2.26. The molecule has 6 nitrogen and oxygen atoms in total. The van der Waals surface area contributed by atoms with E-state index in [1.807, 2.05) is 13.8 Å². The van der Waals surface area contributed by atoms with Gasteiger partial charge in [-0.1, -0.05) is 0 Å². The van der Waals surface area contributed by atoms with Gasteiger partial charge < -0.3 is 15.6 Å². The number of amides is 2. The molecule has 114 valence electrons. The molecule has 0 unspecified atom stereocenters. The van der Waals surface area contributed by atoms with Gasteiger partial charge in [0.15, 0.2) is 5.78 Å². The largest absolute Gasteiger partial charge is 0.354 e. The van der Waals surface area contributed by atoms with Crippen molar-refractivity contribution in [2.24, 2.45) is 0 Å². The number of hydrogen-bond acceptors (Lipinski definition) is 3. The summed E-state index contributed by atoms with van der Waals surface area (Å²) >= 11 is 0. The number of ketones is 1. The molecule has 0 radical (unpaired) electrons. The van der Waals surface area contributed by atoms with E-state index in [4.69, 9.17) is 0 Å². The topological polar surface area (TPSA) is 91.1 Å². The van der Waals surface area contributed by atoms with Crippen LogP contribution in [-0.4, -0.2) is 35.2 Å². The molecule has 0 fully saturated rings. The third-order valence-corrected chi connectivity index (χ3v) is 3.52. The van der Waals surface area contributed by atoms with Gasteiger partial charge in [-0.15, -0.1) is 0 Å². The Balaban J connectivity index is 2.07. The van der Waals surface area contributed by atoms with E-state index in [-0.39, 0.29) is 30.2 Å². The van der Waals surface area contributed by atoms with Gasteiger partial charge in [-0.3, -0.25) is 14.4 Å². The predicted molar refractivity (Wildman–Crippen MR) is 78.4 cm³/mol. The first kappa shape index (κ1) is 15.3. The summed E-state index contributed by atoms with van der Waals surface area (Å²) < 4.78 is 0. The number of aromatic nitrogens is 1. The first-order chi connectivity index (χ1) is 9.90. The Morgan fingerprint density at radius 2 is 2.00 bits per heavy atom. The Morgan fingerprint density at radius 1 is 1.29 bits per heavy atom. The molecule has 21 heavy (non-hydrogen) atoms. The van der Waals surface area contributed by atoms with Crippen LogP contribution < -0.4 is 10.6 Å². The fraction of sp³-hybridized carbons (Fsp3) is 0.533. The zero-order valence-electron chi connectivity index (χ0n) is 12.6. The minimum absolute atomic E-state index is 0.0339. The summed E-state index contributed by atoms with van der Waals surface area (Å²) in [6, 6.07) is 0.0339. The first-order valence-electron chi connectivity index (χ1n) is 7.22. The van der Waals surface area contributed by atoms with Gasteiger partial charge in [0, 0.05) is 23.7 Å². The summed E-state index contributed by atoms with van der Waals surface area (Å²) in [5.74, 6) is -0.501. The number of carbonyl (C=O) groups excluding carboxylic acids is 3. The van der Waals surface area contributed by atoms with Crippen LogP contribution in [0, 0.1) is 6.92 Å². The zero-order valence-corrected chi connectivity index (χ0v) is 12.6. The van der Waals surface area contributed by atoms with Crippen LogP contribution in [-0.2, 0) is 11.2 Å². The van der Waals surface area contributed by atoms with Crippen molar-refractivity contribution in [2.45, 2.75) is 46.1 Å². The van der Waals surface area contributed by atoms with Crippen molar-refractivity contribution in [1.82, 2.24) is 15.6 Å². The summed E-state index contributed by atoms with van der Waals surface area (Å²) in [7, 11) is 0. The normalized spacial score (nSPS) is 14.0.